The van der Waals surface area contributed by atoms with E-state index in [1.54, 1.807) is 25.4 Å². The molecule has 0 spiro atoms. The molecule has 1 atom stereocenters. The molecule has 1 unspecified atom stereocenters. The minimum atomic E-state index is -0.695. The number of nitrogens with zero attached hydrogens (tertiary/aromatic N) is 2. The Kier molecular flexibility index (Phi) is 5.26. The van der Waals surface area contributed by atoms with Crippen LogP contribution in [-0.4, -0.2) is 9.97 Å². The minimum Gasteiger partial charge on any atom is -0.455 e. The summed E-state index contributed by atoms with van der Waals surface area (Å²) < 4.78 is 20.4. The zero-order valence-electron chi connectivity index (χ0n) is 16.7. The summed E-state index contributed by atoms with van der Waals surface area (Å²) in [5, 5.41) is 3.66. The molecule has 1 aromatic carbocycles. The number of benzene rings is 1. The lowest BCUT2D eigenvalue weighted by Crippen LogP contribution is -2.13. The van der Waals surface area contributed by atoms with Crippen LogP contribution in [0.5, 0.6) is 0 Å². The first-order valence-corrected chi connectivity index (χ1v) is 9.80. The third kappa shape index (κ3) is 3.66. The number of fused-ring (bicyclic) bond motifs is 1. The highest BCUT2D eigenvalue weighted by atomic mass is 35.5. The van der Waals surface area contributed by atoms with Crippen molar-refractivity contribution in [1.29, 1.82) is 0 Å². The maximum atomic E-state index is 14.2. The zero-order valence-corrected chi connectivity index (χ0v) is 17.4. The summed E-state index contributed by atoms with van der Waals surface area (Å²) >= 11 is 5.74. The molecule has 0 bridgehead atoms. The van der Waals surface area contributed by atoms with Gasteiger partial charge < -0.3 is 9.73 Å². The van der Waals surface area contributed by atoms with Crippen LogP contribution in [0.4, 0.5) is 10.1 Å². The Balaban J connectivity index is 1.89. The second kappa shape index (κ2) is 7.88. The lowest BCUT2D eigenvalue weighted by molar-refractivity contribution is 0.583. The van der Waals surface area contributed by atoms with Crippen molar-refractivity contribution in [3.63, 3.8) is 0 Å². The molecule has 3 heterocycles. The summed E-state index contributed by atoms with van der Waals surface area (Å²) in [4.78, 5) is 20.9. The molecule has 30 heavy (non-hydrogen) atoms. The second-order valence-electron chi connectivity index (χ2n) is 7.20. The van der Waals surface area contributed by atoms with Gasteiger partial charge in [0.25, 0.3) is 0 Å². The SMILES string of the molecule is Cc1cc(C(C)Nc2ccc(Cl)nc2F)c2oc(-c3cccnc3)c(C)c(=O)c2c1. The molecule has 4 aromatic rings. The third-order valence-corrected chi connectivity index (χ3v) is 5.18. The van der Waals surface area contributed by atoms with Gasteiger partial charge in [0.1, 0.15) is 16.5 Å². The Morgan fingerprint density at radius 3 is 2.70 bits per heavy atom. The number of aryl methyl sites for hydroxylation is 1. The number of anilines is 1. The Morgan fingerprint density at radius 2 is 2.00 bits per heavy atom. The number of halogens is 2. The van der Waals surface area contributed by atoms with Gasteiger partial charge in [-0.15, -0.1) is 0 Å². The molecule has 0 aliphatic heterocycles. The fourth-order valence-electron chi connectivity index (χ4n) is 3.49. The zero-order chi connectivity index (χ0) is 21.4. The minimum absolute atomic E-state index is 0.0780. The van der Waals surface area contributed by atoms with Crippen LogP contribution in [0.1, 0.15) is 29.7 Å². The number of aromatic nitrogens is 2. The van der Waals surface area contributed by atoms with E-state index in [4.69, 9.17) is 16.0 Å². The van der Waals surface area contributed by atoms with Gasteiger partial charge in [-0.05, 0) is 56.7 Å². The van der Waals surface area contributed by atoms with Crippen LogP contribution in [0.25, 0.3) is 22.3 Å². The molecule has 0 aliphatic rings. The summed E-state index contributed by atoms with van der Waals surface area (Å²) in [6.45, 7) is 5.52. The molecular formula is C23H19ClFN3O2. The molecule has 0 saturated carbocycles. The van der Waals surface area contributed by atoms with Gasteiger partial charge in [0.2, 0.25) is 5.95 Å². The van der Waals surface area contributed by atoms with Gasteiger partial charge in [-0.25, -0.2) is 4.98 Å². The summed E-state index contributed by atoms with van der Waals surface area (Å²) in [6.07, 6.45) is 3.31. The smallest absolute Gasteiger partial charge is 0.237 e. The predicted molar refractivity (Wildman–Crippen MR) is 116 cm³/mol. The molecule has 0 radical (unpaired) electrons. The Bertz CT molecular complexity index is 1310. The molecule has 0 aliphatic carbocycles. The molecule has 0 fully saturated rings. The van der Waals surface area contributed by atoms with Gasteiger partial charge in [0.15, 0.2) is 5.43 Å². The average Bonchev–Trinajstić information content (AvgIpc) is 2.73. The molecule has 4 rings (SSSR count). The summed E-state index contributed by atoms with van der Waals surface area (Å²) in [6, 6.07) is 10.0. The van der Waals surface area contributed by atoms with E-state index in [-0.39, 0.29) is 22.3 Å². The van der Waals surface area contributed by atoms with E-state index in [0.717, 1.165) is 11.1 Å². The van der Waals surface area contributed by atoms with Crippen molar-refractivity contribution in [1.82, 2.24) is 9.97 Å². The van der Waals surface area contributed by atoms with E-state index < -0.39 is 5.95 Å². The van der Waals surface area contributed by atoms with Gasteiger partial charge in [0.05, 0.1) is 17.1 Å². The first-order valence-electron chi connectivity index (χ1n) is 9.42. The fourth-order valence-corrected chi connectivity index (χ4v) is 3.63. The molecule has 7 heteroatoms. The van der Waals surface area contributed by atoms with Crippen molar-refractivity contribution in [2.24, 2.45) is 0 Å². The van der Waals surface area contributed by atoms with Crippen LogP contribution < -0.4 is 10.7 Å². The fraction of sp³-hybridized carbons (Fsp3) is 0.174. The average molecular weight is 424 g/mol. The lowest BCUT2D eigenvalue weighted by atomic mass is 9.99. The number of hydrogen-bond acceptors (Lipinski definition) is 5. The van der Waals surface area contributed by atoms with Crippen LogP contribution >= 0.6 is 11.6 Å². The molecule has 0 saturated heterocycles. The largest absolute Gasteiger partial charge is 0.455 e. The Labute approximate surface area is 177 Å². The van der Waals surface area contributed by atoms with E-state index in [1.165, 1.54) is 12.1 Å². The van der Waals surface area contributed by atoms with Crippen molar-refractivity contribution in [3.8, 4) is 11.3 Å². The highest BCUT2D eigenvalue weighted by molar-refractivity contribution is 6.29. The van der Waals surface area contributed by atoms with Gasteiger partial charge in [0, 0.05) is 29.1 Å². The van der Waals surface area contributed by atoms with Gasteiger partial charge in [-0.1, -0.05) is 17.7 Å². The maximum absolute atomic E-state index is 14.2. The number of nitrogens with one attached hydrogen (secondary N) is 1. The molecule has 3 aromatic heterocycles. The van der Waals surface area contributed by atoms with Crippen molar-refractivity contribution in [3.05, 3.63) is 86.8 Å². The standard InChI is InChI=1S/C23H19ClFN3O2/c1-12-9-16(14(3)27-18-6-7-19(24)28-23(18)25)22-17(10-12)20(29)13(2)21(30-22)15-5-4-8-26-11-15/h4-11,14,27H,1-3H3. The van der Waals surface area contributed by atoms with E-state index in [0.29, 0.717) is 27.9 Å². The summed E-state index contributed by atoms with van der Waals surface area (Å²) in [5.41, 5.74) is 3.44. The van der Waals surface area contributed by atoms with Crippen molar-refractivity contribution >= 4 is 28.3 Å². The Hall–Kier alpha value is -3.25. The Morgan fingerprint density at radius 1 is 1.20 bits per heavy atom. The van der Waals surface area contributed by atoms with Gasteiger partial charge in [-0.2, -0.15) is 4.39 Å². The topological polar surface area (TPSA) is 68.0 Å². The predicted octanol–water partition coefficient (Wildman–Crippen LogP) is 5.83. The van der Waals surface area contributed by atoms with E-state index in [2.05, 4.69) is 15.3 Å². The maximum Gasteiger partial charge on any atom is 0.237 e. The van der Waals surface area contributed by atoms with Crippen LogP contribution in [-0.2, 0) is 0 Å². The van der Waals surface area contributed by atoms with Crippen molar-refractivity contribution in [2.45, 2.75) is 26.8 Å². The van der Waals surface area contributed by atoms with Gasteiger partial charge in [-0.3, -0.25) is 9.78 Å². The summed E-state index contributed by atoms with van der Waals surface area (Å²) in [5.74, 6) is -0.225. The molecule has 5 nitrogen and oxygen atoms in total. The highest BCUT2D eigenvalue weighted by Crippen LogP contribution is 2.32. The second-order valence-corrected chi connectivity index (χ2v) is 7.58. The van der Waals surface area contributed by atoms with Crippen LogP contribution in [0.15, 0.2) is 58.0 Å². The molecule has 0 amide bonds. The monoisotopic (exact) mass is 423 g/mol. The van der Waals surface area contributed by atoms with Crippen molar-refractivity contribution in [2.75, 3.05) is 5.32 Å². The normalized spacial score (nSPS) is 12.2. The molecule has 1 N–H and O–H groups in total. The number of rotatable bonds is 4. The van der Waals surface area contributed by atoms with Crippen molar-refractivity contribution < 1.29 is 8.81 Å². The quantitative estimate of drug-likeness (QED) is 0.418. The first kappa shape index (κ1) is 20.0. The number of pyridine rings is 2. The molecule has 152 valence electrons. The first-order chi connectivity index (χ1) is 14.3. The van der Waals surface area contributed by atoms with E-state index in [9.17, 15) is 9.18 Å². The van der Waals surface area contributed by atoms with E-state index >= 15 is 0 Å². The number of hydrogen-bond donors (Lipinski definition) is 1. The van der Waals surface area contributed by atoms with Crippen LogP contribution in [0.3, 0.4) is 0 Å². The van der Waals surface area contributed by atoms with Gasteiger partial charge >= 0.3 is 0 Å². The molecular weight excluding hydrogens is 405 g/mol. The van der Waals surface area contributed by atoms with Crippen LogP contribution in [0, 0.1) is 19.8 Å². The summed E-state index contributed by atoms with van der Waals surface area (Å²) in [7, 11) is 0. The van der Waals surface area contributed by atoms with Crippen LogP contribution in [0.2, 0.25) is 5.15 Å². The third-order valence-electron chi connectivity index (χ3n) is 4.97. The highest BCUT2D eigenvalue weighted by Gasteiger charge is 2.19. The van der Waals surface area contributed by atoms with E-state index in [1.807, 2.05) is 32.0 Å². The lowest BCUT2D eigenvalue weighted by Gasteiger charge is -2.19.